The van der Waals surface area contributed by atoms with Gasteiger partial charge in [-0.3, -0.25) is 9.59 Å². The molecule has 1 aromatic rings. The lowest BCUT2D eigenvalue weighted by Crippen LogP contribution is -2.25. The molecule has 0 bridgehead atoms. The van der Waals surface area contributed by atoms with Crippen LogP contribution in [0.1, 0.15) is 13.8 Å². The van der Waals surface area contributed by atoms with Gasteiger partial charge in [-0.25, -0.2) is 0 Å². The Morgan fingerprint density at radius 2 is 2.00 bits per heavy atom. The Bertz CT molecular complexity index is 404. The predicted octanol–water partition coefficient (Wildman–Crippen LogP) is 1.16. The molecular formula is C12H16N2O3. The Morgan fingerprint density at radius 3 is 2.65 bits per heavy atom. The van der Waals surface area contributed by atoms with Gasteiger partial charge in [-0.2, -0.15) is 0 Å². The third kappa shape index (κ3) is 5.55. The van der Waals surface area contributed by atoms with E-state index in [4.69, 9.17) is 4.74 Å². The van der Waals surface area contributed by atoms with Crippen molar-refractivity contribution in [2.24, 2.45) is 0 Å². The smallest absolute Gasteiger partial charge is 0.221 e. The SMILES string of the molecule is CC(=O)NCCOc1cccc(NC(C)=O)c1. The third-order valence-electron chi connectivity index (χ3n) is 1.90. The molecule has 5 nitrogen and oxygen atoms in total. The van der Waals surface area contributed by atoms with Gasteiger partial charge in [0.15, 0.2) is 0 Å². The first-order valence-electron chi connectivity index (χ1n) is 5.33. The molecule has 0 aliphatic carbocycles. The van der Waals surface area contributed by atoms with E-state index in [1.165, 1.54) is 13.8 Å². The molecule has 0 aliphatic rings. The van der Waals surface area contributed by atoms with Crippen LogP contribution < -0.4 is 15.4 Å². The number of carbonyl (C=O) groups excluding carboxylic acids is 2. The van der Waals surface area contributed by atoms with E-state index < -0.39 is 0 Å². The van der Waals surface area contributed by atoms with E-state index >= 15 is 0 Å². The van der Waals surface area contributed by atoms with Crippen molar-refractivity contribution >= 4 is 17.5 Å². The maximum Gasteiger partial charge on any atom is 0.221 e. The summed E-state index contributed by atoms with van der Waals surface area (Å²) in [5.41, 5.74) is 0.689. The maximum absolute atomic E-state index is 10.9. The molecule has 0 saturated heterocycles. The van der Waals surface area contributed by atoms with Crippen LogP contribution in [-0.4, -0.2) is 25.0 Å². The molecule has 5 heteroatoms. The molecular weight excluding hydrogens is 220 g/mol. The summed E-state index contributed by atoms with van der Waals surface area (Å²) in [4.78, 5) is 21.5. The maximum atomic E-state index is 10.9. The molecule has 0 spiro atoms. The monoisotopic (exact) mass is 236 g/mol. The quantitative estimate of drug-likeness (QED) is 0.754. The number of hydrogen-bond donors (Lipinski definition) is 2. The molecule has 2 N–H and O–H groups in total. The van der Waals surface area contributed by atoms with Crippen molar-refractivity contribution in [2.45, 2.75) is 13.8 Å². The first-order chi connectivity index (χ1) is 8.08. The van der Waals surface area contributed by atoms with Crippen LogP contribution in [0.5, 0.6) is 5.75 Å². The Balaban J connectivity index is 2.42. The van der Waals surface area contributed by atoms with E-state index in [1.54, 1.807) is 24.3 Å². The standard InChI is InChI=1S/C12H16N2O3/c1-9(15)13-6-7-17-12-5-3-4-11(8-12)14-10(2)16/h3-5,8H,6-7H2,1-2H3,(H,13,15)(H,14,16). The predicted molar refractivity (Wildman–Crippen MR) is 64.9 cm³/mol. The molecule has 0 saturated carbocycles. The Labute approximate surface area is 100 Å². The largest absolute Gasteiger partial charge is 0.492 e. The van der Waals surface area contributed by atoms with E-state index in [0.717, 1.165) is 0 Å². The Hall–Kier alpha value is -2.04. The number of amides is 2. The van der Waals surface area contributed by atoms with Crippen molar-refractivity contribution in [1.29, 1.82) is 0 Å². The normalized spacial score (nSPS) is 9.53. The zero-order valence-electron chi connectivity index (χ0n) is 9.95. The number of anilines is 1. The van der Waals surface area contributed by atoms with Crippen LogP contribution in [0.4, 0.5) is 5.69 Å². The van der Waals surface area contributed by atoms with Crippen LogP contribution >= 0.6 is 0 Å². The van der Waals surface area contributed by atoms with Gasteiger partial charge in [0.05, 0.1) is 6.54 Å². The van der Waals surface area contributed by atoms with Crippen molar-refractivity contribution in [3.05, 3.63) is 24.3 Å². The topological polar surface area (TPSA) is 67.4 Å². The molecule has 0 radical (unpaired) electrons. The first kappa shape index (κ1) is 13.0. The van der Waals surface area contributed by atoms with Crippen LogP contribution in [-0.2, 0) is 9.59 Å². The molecule has 17 heavy (non-hydrogen) atoms. The first-order valence-corrected chi connectivity index (χ1v) is 5.33. The molecule has 1 rings (SSSR count). The second kappa shape index (κ2) is 6.52. The third-order valence-corrected chi connectivity index (χ3v) is 1.90. The molecule has 0 aliphatic heterocycles. The fourth-order valence-corrected chi connectivity index (χ4v) is 1.26. The summed E-state index contributed by atoms with van der Waals surface area (Å²) in [5, 5.41) is 5.29. The summed E-state index contributed by atoms with van der Waals surface area (Å²) in [6, 6.07) is 7.09. The molecule has 2 amide bonds. The van der Waals surface area contributed by atoms with Crippen molar-refractivity contribution in [2.75, 3.05) is 18.5 Å². The Kier molecular flexibility index (Phi) is 5.00. The van der Waals surface area contributed by atoms with Crippen LogP contribution in [0.25, 0.3) is 0 Å². The summed E-state index contributed by atoms with van der Waals surface area (Å²) in [6.45, 7) is 3.75. The summed E-state index contributed by atoms with van der Waals surface area (Å²) in [6.07, 6.45) is 0. The zero-order chi connectivity index (χ0) is 12.7. The molecule has 0 fully saturated rings. The highest BCUT2D eigenvalue weighted by Crippen LogP contribution is 2.16. The fourth-order valence-electron chi connectivity index (χ4n) is 1.26. The van der Waals surface area contributed by atoms with Crippen molar-refractivity contribution in [3.63, 3.8) is 0 Å². The van der Waals surface area contributed by atoms with Crippen molar-refractivity contribution < 1.29 is 14.3 Å². The highest BCUT2D eigenvalue weighted by molar-refractivity contribution is 5.88. The van der Waals surface area contributed by atoms with Crippen LogP contribution in [0.15, 0.2) is 24.3 Å². The number of carbonyl (C=O) groups is 2. The Morgan fingerprint density at radius 1 is 1.24 bits per heavy atom. The number of rotatable bonds is 5. The lowest BCUT2D eigenvalue weighted by Gasteiger charge is -2.08. The molecule has 0 aromatic heterocycles. The summed E-state index contributed by atoms with van der Waals surface area (Å²) in [5.74, 6) is 0.447. The van der Waals surface area contributed by atoms with E-state index in [1.807, 2.05) is 0 Å². The number of hydrogen-bond acceptors (Lipinski definition) is 3. The van der Waals surface area contributed by atoms with Gasteiger partial charge in [0.2, 0.25) is 11.8 Å². The fraction of sp³-hybridized carbons (Fsp3) is 0.333. The molecule has 0 atom stereocenters. The van der Waals surface area contributed by atoms with Crippen molar-refractivity contribution in [1.82, 2.24) is 5.32 Å². The van der Waals surface area contributed by atoms with Gasteiger partial charge in [-0.1, -0.05) is 6.07 Å². The van der Waals surface area contributed by atoms with Gasteiger partial charge in [0.25, 0.3) is 0 Å². The van der Waals surface area contributed by atoms with Gasteiger partial charge in [0.1, 0.15) is 12.4 Å². The van der Waals surface area contributed by atoms with E-state index in [0.29, 0.717) is 24.6 Å². The summed E-state index contributed by atoms with van der Waals surface area (Å²) in [7, 11) is 0. The zero-order valence-corrected chi connectivity index (χ0v) is 9.95. The molecule has 0 unspecified atom stereocenters. The molecule has 0 heterocycles. The van der Waals surface area contributed by atoms with Crippen LogP contribution in [0.3, 0.4) is 0 Å². The molecule has 1 aromatic carbocycles. The van der Waals surface area contributed by atoms with E-state index in [-0.39, 0.29) is 11.8 Å². The van der Waals surface area contributed by atoms with E-state index in [2.05, 4.69) is 10.6 Å². The molecule has 92 valence electrons. The number of benzene rings is 1. The average molecular weight is 236 g/mol. The second-order valence-electron chi connectivity index (χ2n) is 3.54. The van der Waals surface area contributed by atoms with Gasteiger partial charge in [0, 0.05) is 25.6 Å². The van der Waals surface area contributed by atoms with Crippen LogP contribution in [0.2, 0.25) is 0 Å². The highest BCUT2D eigenvalue weighted by atomic mass is 16.5. The van der Waals surface area contributed by atoms with Crippen molar-refractivity contribution in [3.8, 4) is 5.75 Å². The minimum atomic E-state index is -0.125. The minimum absolute atomic E-state index is 0.0828. The number of ether oxygens (including phenoxy) is 1. The minimum Gasteiger partial charge on any atom is -0.492 e. The lowest BCUT2D eigenvalue weighted by atomic mass is 10.3. The van der Waals surface area contributed by atoms with Gasteiger partial charge in [-0.05, 0) is 12.1 Å². The van der Waals surface area contributed by atoms with Crippen LogP contribution in [0, 0.1) is 0 Å². The van der Waals surface area contributed by atoms with Gasteiger partial charge < -0.3 is 15.4 Å². The van der Waals surface area contributed by atoms with E-state index in [9.17, 15) is 9.59 Å². The lowest BCUT2D eigenvalue weighted by molar-refractivity contribution is -0.119. The summed E-state index contributed by atoms with van der Waals surface area (Å²) >= 11 is 0. The second-order valence-corrected chi connectivity index (χ2v) is 3.54. The number of nitrogens with one attached hydrogen (secondary N) is 2. The van der Waals surface area contributed by atoms with Gasteiger partial charge >= 0.3 is 0 Å². The highest BCUT2D eigenvalue weighted by Gasteiger charge is 1.98. The summed E-state index contributed by atoms with van der Waals surface area (Å²) < 4.78 is 5.41. The average Bonchev–Trinajstić information content (AvgIpc) is 2.24. The van der Waals surface area contributed by atoms with Gasteiger partial charge in [-0.15, -0.1) is 0 Å².